The van der Waals surface area contributed by atoms with Gasteiger partial charge in [0.1, 0.15) is 0 Å². The van der Waals surface area contributed by atoms with Gasteiger partial charge in [-0.15, -0.1) is 0 Å². The van der Waals surface area contributed by atoms with E-state index in [2.05, 4.69) is 52.0 Å². The van der Waals surface area contributed by atoms with Crippen LogP contribution in [0.2, 0.25) is 0 Å². The predicted octanol–water partition coefficient (Wildman–Crippen LogP) is 5.04. The number of aryl methyl sites for hydroxylation is 2. The zero-order valence-corrected chi connectivity index (χ0v) is 13.0. The molecule has 0 spiro atoms. The highest BCUT2D eigenvalue weighted by Crippen LogP contribution is 2.28. The van der Waals surface area contributed by atoms with E-state index in [-0.39, 0.29) is 0 Å². The minimum Gasteiger partial charge on any atom is -0.249 e. The summed E-state index contributed by atoms with van der Waals surface area (Å²) in [5.74, 6) is 0.346. The summed E-state index contributed by atoms with van der Waals surface area (Å²) in [6.45, 7) is 8.58. The van der Waals surface area contributed by atoms with Crippen molar-refractivity contribution in [1.82, 2.24) is 9.97 Å². The van der Waals surface area contributed by atoms with Gasteiger partial charge in [-0.3, -0.25) is 0 Å². The molecule has 3 rings (SSSR count). The lowest BCUT2D eigenvalue weighted by atomic mass is 10.0. The second kappa shape index (κ2) is 5.28. The van der Waals surface area contributed by atoms with E-state index >= 15 is 0 Å². The molecule has 0 saturated carbocycles. The number of fused-ring (bicyclic) bond motifs is 1. The molecule has 1 heterocycles. The van der Waals surface area contributed by atoms with Gasteiger partial charge in [-0.25, -0.2) is 9.97 Å². The third kappa shape index (κ3) is 2.54. The van der Waals surface area contributed by atoms with Crippen LogP contribution in [0.15, 0.2) is 42.5 Å². The molecule has 0 fully saturated rings. The maximum absolute atomic E-state index is 4.91. The van der Waals surface area contributed by atoms with Crippen LogP contribution in [0, 0.1) is 13.8 Å². The van der Waals surface area contributed by atoms with Crippen LogP contribution in [-0.4, -0.2) is 9.97 Å². The van der Waals surface area contributed by atoms with E-state index < -0.39 is 0 Å². The average Bonchev–Trinajstić information content (AvgIpc) is 2.48. The van der Waals surface area contributed by atoms with E-state index in [9.17, 15) is 0 Å². The number of benzene rings is 2. The number of aromatic nitrogens is 2. The van der Waals surface area contributed by atoms with Crippen LogP contribution < -0.4 is 0 Å². The third-order valence-corrected chi connectivity index (χ3v) is 3.90. The minimum absolute atomic E-state index is 0.346. The van der Waals surface area contributed by atoms with Crippen molar-refractivity contribution in [2.45, 2.75) is 33.6 Å². The van der Waals surface area contributed by atoms with E-state index in [1.54, 1.807) is 0 Å². The first-order valence-electron chi connectivity index (χ1n) is 7.40. The van der Waals surface area contributed by atoms with Crippen molar-refractivity contribution >= 4 is 11.0 Å². The Morgan fingerprint density at radius 2 is 1.38 bits per heavy atom. The van der Waals surface area contributed by atoms with Crippen LogP contribution in [0.25, 0.3) is 22.3 Å². The van der Waals surface area contributed by atoms with Crippen LogP contribution in [0.5, 0.6) is 0 Å². The number of hydrogen-bond donors (Lipinski definition) is 0. The standard InChI is InChI=1S/C19H20N2/c1-12(2)18-19(15-8-6-5-7-9-15)21-17-11-14(4)13(3)10-16(17)20-18/h5-12H,1-4H3. The van der Waals surface area contributed by atoms with Gasteiger partial charge in [0.2, 0.25) is 0 Å². The summed E-state index contributed by atoms with van der Waals surface area (Å²) in [6.07, 6.45) is 0. The Bertz CT molecular complexity index is 790. The molecule has 0 aliphatic heterocycles. The Hall–Kier alpha value is -2.22. The lowest BCUT2D eigenvalue weighted by molar-refractivity contribution is 0.825. The smallest absolute Gasteiger partial charge is 0.0927 e. The second-order valence-electron chi connectivity index (χ2n) is 5.90. The summed E-state index contributed by atoms with van der Waals surface area (Å²) in [6, 6.07) is 14.6. The first kappa shape index (κ1) is 13.7. The van der Waals surface area contributed by atoms with Gasteiger partial charge in [0.25, 0.3) is 0 Å². The van der Waals surface area contributed by atoms with Gasteiger partial charge < -0.3 is 0 Å². The SMILES string of the molecule is Cc1cc2nc(-c3ccccc3)c(C(C)C)nc2cc1C. The second-order valence-corrected chi connectivity index (χ2v) is 5.90. The Balaban J connectivity index is 2.32. The van der Waals surface area contributed by atoms with Crippen molar-refractivity contribution in [3.63, 3.8) is 0 Å². The molecule has 2 aromatic carbocycles. The van der Waals surface area contributed by atoms with Crippen LogP contribution in [0.3, 0.4) is 0 Å². The first-order valence-corrected chi connectivity index (χ1v) is 7.40. The maximum atomic E-state index is 4.91. The minimum atomic E-state index is 0.346. The van der Waals surface area contributed by atoms with Crippen molar-refractivity contribution < 1.29 is 0 Å². The van der Waals surface area contributed by atoms with Gasteiger partial charge in [0, 0.05) is 5.56 Å². The fraction of sp³-hybridized carbons (Fsp3) is 0.263. The van der Waals surface area contributed by atoms with Crippen molar-refractivity contribution in [3.05, 3.63) is 59.3 Å². The van der Waals surface area contributed by atoms with Gasteiger partial charge in [0.05, 0.1) is 22.4 Å². The fourth-order valence-corrected chi connectivity index (χ4v) is 2.54. The number of nitrogens with zero attached hydrogens (tertiary/aromatic N) is 2. The van der Waals surface area contributed by atoms with E-state index in [1.165, 1.54) is 11.1 Å². The highest BCUT2D eigenvalue weighted by molar-refractivity contribution is 5.80. The molecule has 0 N–H and O–H groups in total. The highest BCUT2D eigenvalue weighted by Gasteiger charge is 2.14. The summed E-state index contributed by atoms with van der Waals surface area (Å²) < 4.78 is 0. The quantitative estimate of drug-likeness (QED) is 0.655. The molecule has 0 unspecified atom stereocenters. The Kier molecular flexibility index (Phi) is 3.46. The van der Waals surface area contributed by atoms with Crippen LogP contribution in [-0.2, 0) is 0 Å². The maximum Gasteiger partial charge on any atom is 0.0927 e. The van der Waals surface area contributed by atoms with Gasteiger partial charge >= 0.3 is 0 Å². The van der Waals surface area contributed by atoms with Crippen LogP contribution >= 0.6 is 0 Å². The van der Waals surface area contributed by atoms with Crippen molar-refractivity contribution in [1.29, 1.82) is 0 Å². The molecule has 21 heavy (non-hydrogen) atoms. The fourth-order valence-electron chi connectivity index (χ4n) is 2.54. The predicted molar refractivity (Wildman–Crippen MR) is 88.5 cm³/mol. The Labute approximate surface area is 125 Å². The molecule has 1 aromatic heterocycles. The molecule has 0 saturated heterocycles. The zero-order chi connectivity index (χ0) is 15.0. The summed E-state index contributed by atoms with van der Waals surface area (Å²) in [5.41, 5.74) is 7.68. The summed E-state index contributed by atoms with van der Waals surface area (Å²) >= 11 is 0. The molecular formula is C19H20N2. The van der Waals surface area contributed by atoms with E-state index in [4.69, 9.17) is 9.97 Å². The summed E-state index contributed by atoms with van der Waals surface area (Å²) in [7, 11) is 0. The molecule has 106 valence electrons. The molecule has 0 aliphatic rings. The summed E-state index contributed by atoms with van der Waals surface area (Å²) in [5, 5.41) is 0. The third-order valence-electron chi connectivity index (χ3n) is 3.90. The molecule has 0 aliphatic carbocycles. The lowest BCUT2D eigenvalue weighted by Gasteiger charge is -2.13. The van der Waals surface area contributed by atoms with E-state index in [0.29, 0.717) is 5.92 Å². The lowest BCUT2D eigenvalue weighted by Crippen LogP contribution is -2.01. The first-order chi connectivity index (χ1) is 10.1. The van der Waals surface area contributed by atoms with E-state index in [1.807, 2.05) is 18.2 Å². The molecule has 0 atom stereocenters. The zero-order valence-electron chi connectivity index (χ0n) is 13.0. The summed E-state index contributed by atoms with van der Waals surface area (Å²) in [4.78, 5) is 9.80. The van der Waals surface area contributed by atoms with Crippen LogP contribution in [0.1, 0.15) is 36.6 Å². The monoisotopic (exact) mass is 276 g/mol. The van der Waals surface area contributed by atoms with Gasteiger partial charge in [-0.2, -0.15) is 0 Å². The highest BCUT2D eigenvalue weighted by atomic mass is 14.8. The molecule has 0 amide bonds. The average molecular weight is 276 g/mol. The van der Waals surface area contributed by atoms with Gasteiger partial charge in [0.15, 0.2) is 0 Å². The molecular weight excluding hydrogens is 256 g/mol. The van der Waals surface area contributed by atoms with Crippen molar-refractivity contribution in [2.75, 3.05) is 0 Å². The van der Waals surface area contributed by atoms with Gasteiger partial charge in [-0.05, 0) is 43.0 Å². The number of hydrogen-bond acceptors (Lipinski definition) is 2. The molecule has 2 heteroatoms. The van der Waals surface area contributed by atoms with Crippen LogP contribution in [0.4, 0.5) is 0 Å². The van der Waals surface area contributed by atoms with Crippen molar-refractivity contribution in [3.8, 4) is 11.3 Å². The molecule has 0 bridgehead atoms. The Morgan fingerprint density at radius 1 is 0.810 bits per heavy atom. The molecule has 3 aromatic rings. The van der Waals surface area contributed by atoms with Gasteiger partial charge in [-0.1, -0.05) is 44.2 Å². The van der Waals surface area contributed by atoms with E-state index in [0.717, 1.165) is 28.0 Å². The molecule has 2 nitrogen and oxygen atoms in total. The molecule has 0 radical (unpaired) electrons. The Morgan fingerprint density at radius 3 is 1.95 bits per heavy atom. The largest absolute Gasteiger partial charge is 0.249 e. The normalized spacial score (nSPS) is 11.3. The van der Waals surface area contributed by atoms with Crippen molar-refractivity contribution in [2.24, 2.45) is 0 Å². The number of rotatable bonds is 2. The topological polar surface area (TPSA) is 25.8 Å².